The maximum absolute atomic E-state index is 15.6. The number of fused-ring (bicyclic) bond motifs is 2. The fourth-order valence-corrected chi connectivity index (χ4v) is 5.75. The first-order valence-electron chi connectivity index (χ1n) is 13.7. The van der Waals surface area contributed by atoms with Crippen molar-refractivity contribution in [3.05, 3.63) is 64.2 Å². The highest BCUT2D eigenvalue weighted by atomic mass is 19.1. The molecule has 0 radical (unpaired) electrons. The topological polar surface area (TPSA) is 91.4 Å². The van der Waals surface area contributed by atoms with Gasteiger partial charge in [-0.1, -0.05) is 0 Å². The second-order valence-electron chi connectivity index (χ2n) is 11.7. The van der Waals surface area contributed by atoms with Crippen molar-refractivity contribution in [2.45, 2.75) is 72.0 Å². The smallest absolute Gasteiger partial charge is 0.337 e. The summed E-state index contributed by atoms with van der Waals surface area (Å²) in [7, 11) is 3.93. The average molecular weight is 549 g/mol. The van der Waals surface area contributed by atoms with Crippen LogP contribution in [-0.2, 0) is 42.9 Å². The molecule has 4 heterocycles. The van der Waals surface area contributed by atoms with Crippen LogP contribution in [0.1, 0.15) is 67.1 Å². The van der Waals surface area contributed by atoms with Crippen LogP contribution in [0.4, 0.5) is 4.39 Å². The van der Waals surface area contributed by atoms with E-state index in [0.29, 0.717) is 46.8 Å². The van der Waals surface area contributed by atoms with Gasteiger partial charge in [0, 0.05) is 59.5 Å². The molecule has 0 aliphatic carbocycles. The lowest BCUT2D eigenvalue weighted by Crippen LogP contribution is -2.28. The molecular formula is C31H37FN4O4. The number of benzene rings is 1. The number of ether oxygens (including phenoxy) is 2. The van der Waals surface area contributed by atoms with E-state index in [2.05, 4.69) is 11.1 Å². The van der Waals surface area contributed by atoms with Gasteiger partial charge in [-0.15, -0.1) is 0 Å². The maximum atomic E-state index is 15.6. The molecular weight excluding hydrogens is 511 g/mol. The lowest BCUT2D eigenvalue weighted by Gasteiger charge is -2.29. The fraction of sp³-hybridized carbons (Fsp3) is 0.452. The molecule has 0 saturated heterocycles. The number of imidazole rings is 1. The van der Waals surface area contributed by atoms with E-state index in [-0.39, 0.29) is 0 Å². The summed E-state index contributed by atoms with van der Waals surface area (Å²) in [5, 5.41) is 11.2. The first-order valence-corrected chi connectivity index (χ1v) is 13.7. The van der Waals surface area contributed by atoms with Gasteiger partial charge in [0.1, 0.15) is 5.65 Å². The SMILES string of the molecule is Cc1nc2c(cc(CCc3cncn3C)n2C)c(-c2cc(F)c3c(c2C)CCCO3)c1[C@H](OC(C)(C)C)C(=O)O. The molecule has 40 heavy (non-hydrogen) atoms. The number of aryl methyl sites for hydroxylation is 5. The highest BCUT2D eigenvalue weighted by Gasteiger charge is 2.34. The van der Waals surface area contributed by atoms with Crippen molar-refractivity contribution in [2.75, 3.05) is 6.61 Å². The normalized spacial score (nSPS) is 14.3. The van der Waals surface area contributed by atoms with Gasteiger partial charge < -0.3 is 23.7 Å². The number of pyridine rings is 1. The van der Waals surface area contributed by atoms with Crippen LogP contribution in [0.25, 0.3) is 22.2 Å². The predicted octanol–water partition coefficient (Wildman–Crippen LogP) is 5.78. The summed E-state index contributed by atoms with van der Waals surface area (Å²) in [6.45, 7) is 9.71. The quantitative estimate of drug-likeness (QED) is 0.315. The number of carboxylic acid groups (broad SMARTS) is 1. The van der Waals surface area contributed by atoms with Gasteiger partial charge in [-0.3, -0.25) is 0 Å². The summed E-state index contributed by atoms with van der Waals surface area (Å²) >= 11 is 0. The zero-order chi connectivity index (χ0) is 28.9. The van der Waals surface area contributed by atoms with Gasteiger partial charge in [-0.25, -0.2) is 19.2 Å². The van der Waals surface area contributed by atoms with Crippen LogP contribution >= 0.6 is 0 Å². The molecule has 5 rings (SSSR count). The van der Waals surface area contributed by atoms with Crippen molar-refractivity contribution in [3.63, 3.8) is 0 Å². The van der Waals surface area contributed by atoms with Crippen LogP contribution < -0.4 is 4.74 Å². The van der Waals surface area contributed by atoms with Crippen molar-refractivity contribution in [1.29, 1.82) is 0 Å². The van der Waals surface area contributed by atoms with Gasteiger partial charge in [-0.2, -0.15) is 0 Å². The molecule has 1 N–H and O–H groups in total. The van der Waals surface area contributed by atoms with Gasteiger partial charge in [-0.05, 0) is 83.6 Å². The molecule has 4 aromatic rings. The minimum atomic E-state index is -1.29. The van der Waals surface area contributed by atoms with Crippen LogP contribution in [0, 0.1) is 19.7 Å². The number of carboxylic acids is 1. The minimum absolute atomic E-state index is 0.293. The van der Waals surface area contributed by atoms with E-state index in [1.54, 1.807) is 13.3 Å². The summed E-state index contributed by atoms with van der Waals surface area (Å²) in [4.78, 5) is 21.8. The van der Waals surface area contributed by atoms with E-state index < -0.39 is 23.5 Å². The zero-order valence-corrected chi connectivity index (χ0v) is 24.3. The third kappa shape index (κ3) is 4.98. The number of halogens is 1. The molecule has 0 bridgehead atoms. The van der Waals surface area contributed by atoms with Crippen LogP contribution in [0.2, 0.25) is 0 Å². The second kappa shape index (κ2) is 10.4. The van der Waals surface area contributed by atoms with Crippen LogP contribution in [0.15, 0.2) is 24.7 Å². The largest absolute Gasteiger partial charge is 0.490 e. The second-order valence-corrected chi connectivity index (χ2v) is 11.7. The first-order chi connectivity index (χ1) is 18.9. The predicted molar refractivity (Wildman–Crippen MR) is 151 cm³/mol. The Bertz CT molecular complexity index is 1610. The Morgan fingerprint density at radius 2 is 1.93 bits per heavy atom. The number of rotatable bonds is 7. The first kappa shape index (κ1) is 27.8. The van der Waals surface area contributed by atoms with Gasteiger partial charge in [0.05, 0.1) is 18.5 Å². The molecule has 212 valence electrons. The molecule has 1 aliphatic rings. The van der Waals surface area contributed by atoms with Gasteiger partial charge >= 0.3 is 5.97 Å². The van der Waals surface area contributed by atoms with E-state index in [9.17, 15) is 9.90 Å². The number of hydrogen-bond acceptors (Lipinski definition) is 5. The van der Waals surface area contributed by atoms with E-state index in [1.807, 2.05) is 57.1 Å². The summed E-state index contributed by atoms with van der Waals surface area (Å²) in [6.07, 6.45) is 5.34. The average Bonchev–Trinajstić information content (AvgIpc) is 3.44. The zero-order valence-electron chi connectivity index (χ0n) is 24.3. The number of carbonyl (C=O) groups is 1. The van der Waals surface area contributed by atoms with Gasteiger partial charge in [0.15, 0.2) is 17.7 Å². The van der Waals surface area contributed by atoms with Crippen molar-refractivity contribution in [3.8, 4) is 16.9 Å². The molecule has 1 aromatic carbocycles. The van der Waals surface area contributed by atoms with Crippen molar-refractivity contribution in [2.24, 2.45) is 14.1 Å². The molecule has 0 spiro atoms. The highest BCUT2D eigenvalue weighted by molar-refractivity contribution is 5.99. The number of aliphatic carboxylic acids is 1. The van der Waals surface area contributed by atoms with Crippen molar-refractivity contribution >= 4 is 17.0 Å². The standard InChI is InChI=1S/C31H37FN4O4/c1-17-21-9-8-12-39-27(21)24(32)14-22(17)26-23-13-19(10-11-20-15-33-16-35(20)6)36(7)29(23)34-18(2)25(26)28(30(37)38)40-31(3,4)5/h13-16,28H,8-12H2,1-7H3,(H,37,38)/t28-/m0/s1. The molecule has 1 aliphatic heterocycles. The molecule has 0 fully saturated rings. The monoisotopic (exact) mass is 548 g/mol. The van der Waals surface area contributed by atoms with Crippen molar-refractivity contribution in [1.82, 2.24) is 19.1 Å². The summed E-state index contributed by atoms with van der Waals surface area (Å²) < 4.78 is 31.4. The third-order valence-corrected chi connectivity index (χ3v) is 7.72. The van der Waals surface area contributed by atoms with Gasteiger partial charge in [0.2, 0.25) is 0 Å². The highest BCUT2D eigenvalue weighted by Crippen LogP contribution is 2.44. The maximum Gasteiger partial charge on any atom is 0.337 e. The molecule has 1 atom stereocenters. The third-order valence-electron chi connectivity index (χ3n) is 7.72. The Hall–Kier alpha value is -3.72. The number of hydrogen-bond donors (Lipinski definition) is 1. The molecule has 3 aromatic heterocycles. The van der Waals surface area contributed by atoms with Crippen LogP contribution in [-0.4, -0.2) is 42.4 Å². The molecule has 8 nitrogen and oxygen atoms in total. The Labute approximate surface area is 233 Å². The van der Waals surface area contributed by atoms with Crippen LogP contribution in [0.5, 0.6) is 5.75 Å². The van der Waals surface area contributed by atoms with E-state index in [0.717, 1.165) is 47.2 Å². The number of aromatic nitrogens is 4. The van der Waals surface area contributed by atoms with E-state index >= 15 is 4.39 Å². The van der Waals surface area contributed by atoms with Gasteiger partial charge in [0.25, 0.3) is 0 Å². The molecule has 0 amide bonds. The molecule has 0 unspecified atom stereocenters. The lowest BCUT2D eigenvalue weighted by atomic mass is 9.86. The lowest BCUT2D eigenvalue weighted by molar-refractivity contribution is -0.160. The fourth-order valence-electron chi connectivity index (χ4n) is 5.75. The summed E-state index contributed by atoms with van der Waals surface area (Å²) in [6, 6.07) is 3.54. The Kier molecular flexibility index (Phi) is 7.20. The Morgan fingerprint density at radius 1 is 1.20 bits per heavy atom. The van der Waals surface area contributed by atoms with E-state index in [1.165, 1.54) is 6.07 Å². The Balaban J connectivity index is 1.79. The summed E-state index contributed by atoms with van der Waals surface area (Å²) in [5.41, 5.74) is 6.07. The van der Waals surface area contributed by atoms with E-state index in [4.69, 9.17) is 14.5 Å². The molecule has 9 heteroatoms. The minimum Gasteiger partial charge on any atom is -0.490 e. The Morgan fingerprint density at radius 3 is 2.58 bits per heavy atom. The van der Waals surface area contributed by atoms with Crippen LogP contribution in [0.3, 0.4) is 0 Å². The van der Waals surface area contributed by atoms with Crippen molar-refractivity contribution < 1.29 is 23.8 Å². The molecule has 0 saturated carbocycles. The number of nitrogens with zero attached hydrogens (tertiary/aromatic N) is 4. The summed E-state index contributed by atoms with van der Waals surface area (Å²) in [5.74, 6) is -1.27.